The first-order valence-corrected chi connectivity index (χ1v) is 9.74. The fourth-order valence-electron chi connectivity index (χ4n) is 3.57. The van der Waals surface area contributed by atoms with Gasteiger partial charge in [-0.3, -0.25) is 0 Å². The van der Waals surface area contributed by atoms with Crippen LogP contribution < -0.4 is 0 Å². The van der Waals surface area contributed by atoms with Crippen LogP contribution in [0.15, 0.2) is 48.5 Å². The van der Waals surface area contributed by atoms with Crippen molar-refractivity contribution in [1.82, 2.24) is 0 Å². The lowest BCUT2D eigenvalue weighted by molar-refractivity contribution is -0.922. The molecule has 0 amide bonds. The van der Waals surface area contributed by atoms with Gasteiger partial charge in [-0.1, -0.05) is 48.5 Å². The maximum atomic E-state index is 9.17. The van der Waals surface area contributed by atoms with Gasteiger partial charge in [0.1, 0.15) is 13.1 Å². The minimum absolute atomic E-state index is 0.105. The van der Waals surface area contributed by atoms with Crippen LogP contribution in [-0.2, 0) is 26.3 Å². The van der Waals surface area contributed by atoms with Crippen molar-refractivity contribution in [2.24, 2.45) is 0 Å². The summed E-state index contributed by atoms with van der Waals surface area (Å²) in [5.41, 5.74) is 4.56. The quantitative estimate of drug-likeness (QED) is 0.630. The third-order valence-electron chi connectivity index (χ3n) is 5.16. The van der Waals surface area contributed by atoms with Crippen molar-refractivity contribution < 1.29 is 19.2 Å². The molecular weight excluding hydrogens is 336 g/mol. The van der Waals surface area contributed by atoms with Gasteiger partial charge in [0.25, 0.3) is 0 Å². The minimum atomic E-state index is 0.105. The topological polar surface area (TPSA) is 40.5 Å². The molecule has 0 spiro atoms. The Morgan fingerprint density at radius 3 is 1.15 bits per heavy atom. The Kier molecular flexibility index (Phi) is 7.57. The molecule has 0 radical (unpaired) electrons. The van der Waals surface area contributed by atoms with Gasteiger partial charge < -0.3 is 19.2 Å². The van der Waals surface area contributed by atoms with Gasteiger partial charge in [-0.25, -0.2) is 0 Å². The second kappa shape index (κ2) is 9.47. The molecule has 0 saturated carbocycles. The molecule has 0 saturated heterocycles. The molecule has 0 heterocycles. The summed E-state index contributed by atoms with van der Waals surface area (Å²) >= 11 is 0. The first kappa shape index (κ1) is 21.6. The zero-order chi connectivity index (χ0) is 19.9. The fourth-order valence-corrected chi connectivity index (χ4v) is 3.57. The van der Waals surface area contributed by atoms with Gasteiger partial charge in [-0.05, 0) is 11.1 Å². The number of hydrogen-bond donors (Lipinski definition) is 2. The Hall–Kier alpha value is -1.72. The van der Waals surface area contributed by atoms with Crippen LogP contribution in [0.5, 0.6) is 0 Å². The third kappa shape index (κ3) is 7.43. The molecule has 0 aliphatic rings. The average molecular weight is 373 g/mol. The van der Waals surface area contributed by atoms with E-state index in [4.69, 9.17) is 10.2 Å². The van der Waals surface area contributed by atoms with Crippen LogP contribution in [0.3, 0.4) is 0 Å². The lowest BCUT2D eigenvalue weighted by Crippen LogP contribution is -2.44. The van der Waals surface area contributed by atoms with Crippen molar-refractivity contribution >= 4 is 0 Å². The molecule has 2 aromatic carbocycles. The highest BCUT2D eigenvalue weighted by Gasteiger charge is 2.20. The summed E-state index contributed by atoms with van der Waals surface area (Å²) < 4.78 is 1.92. The second-order valence-electron chi connectivity index (χ2n) is 8.94. The molecule has 4 nitrogen and oxygen atoms in total. The summed E-state index contributed by atoms with van der Waals surface area (Å²) in [7, 11) is 9.14. The van der Waals surface area contributed by atoms with Gasteiger partial charge in [0.2, 0.25) is 0 Å². The summed E-state index contributed by atoms with van der Waals surface area (Å²) in [6.07, 6.45) is 1.17. The SMILES string of the molecule is C[N+](C)(CCC[N+](C)(C)Cc1ccc(CO)cc1)Cc1ccc(CO)cc1. The van der Waals surface area contributed by atoms with Crippen LogP contribution in [0.2, 0.25) is 0 Å². The van der Waals surface area contributed by atoms with Crippen molar-refractivity contribution in [3.05, 3.63) is 70.8 Å². The Bertz CT molecular complexity index is 630. The van der Waals surface area contributed by atoms with E-state index in [9.17, 15) is 0 Å². The van der Waals surface area contributed by atoms with Gasteiger partial charge >= 0.3 is 0 Å². The van der Waals surface area contributed by atoms with E-state index in [-0.39, 0.29) is 13.2 Å². The van der Waals surface area contributed by atoms with Crippen LogP contribution in [0.4, 0.5) is 0 Å². The molecular formula is C23H36N2O2+2. The third-order valence-corrected chi connectivity index (χ3v) is 5.16. The summed E-state index contributed by atoms with van der Waals surface area (Å²) in [4.78, 5) is 0. The summed E-state index contributed by atoms with van der Waals surface area (Å²) in [6.45, 7) is 4.48. The highest BCUT2D eigenvalue weighted by molar-refractivity contribution is 5.22. The van der Waals surface area contributed by atoms with Crippen molar-refractivity contribution in [1.29, 1.82) is 0 Å². The van der Waals surface area contributed by atoms with E-state index in [0.717, 1.165) is 46.3 Å². The molecule has 0 fully saturated rings. The molecule has 4 heteroatoms. The van der Waals surface area contributed by atoms with E-state index in [1.165, 1.54) is 17.5 Å². The molecule has 0 bridgehead atoms. The van der Waals surface area contributed by atoms with Gasteiger partial charge in [-0.15, -0.1) is 0 Å². The molecule has 0 aliphatic heterocycles. The van der Waals surface area contributed by atoms with Crippen molar-refractivity contribution in [2.45, 2.75) is 32.7 Å². The first-order valence-electron chi connectivity index (χ1n) is 9.74. The van der Waals surface area contributed by atoms with Crippen LogP contribution in [-0.4, -0.2) is 60.5 Å². The molecule has 0 aromatic heterocycles. The largest absolute Gasteiger partial charge is 0.392 e. The van der Waals surface area contributed by atoms with E-state index in [1.807, 2.05) is 24.3 Å². The zero-order valence-electron chi connectivity index (χ0n) is 17.4. The molecule has 2 N–H and O–H groups in total. The number of hydrogen-bond acceptors (Lipinski definition) is 2. The van der Waals surface area contributed by atoms with E-state index in [0.29, 0.717) is 0 Å². The summed E-state index contributed by atoms with van der Waals surface area (Å²) in [5.74, 6) is 0. The van der Waals surface area contributed by atoms with E-state index >= 15 is 0 Å². The number of benzene rings is 2. The van der Waals surface area contributed by atoms with Gasteiger partial charge in [0, 0.05) is 17.5 Å². The van der Waals surface area contributed by atoms with Crippen LogP contribution in [0.25, 0.3) is 0 Å². The molecule has 148 valence electrons. The standard InChI is InChI=1S/C23H36N2O2/c1-24(2,16-20-6-10-22(18-26)11-7-20)14-5-15-25(3,4)17-21-8-12-23(19-27)13-9-21/h6-13,26-27H,5,14-19H2,1-4H3/q+2. The smallest absolute Gasteiger partial charge is 0.104 e. The Labute approximate surface area is 164 Å². The molecule has 0 aliphatic carbocycles. The van der Waals surface area contributed by atoms with Crippen molar-refractivity contribution in [3.8, 4) is 0 Å². The first-order chi connectivity index (χ1) is 12.7. The molecule has 27 heavy (non-hydrogen) atoms. The highest BCUT2D eigenvalue weighted by Crippen LogP contribution is 2.15. The Morgan fingerprint density at radius 2 is 0.852 bits per heavy atom. The summed E-state index contributed by atoms with van der Waals surface area (Å²) in [6, 6.07) is 16.6. The maximum Gasteiger partial charge on any atom is 0.104 e. The summed E-state index contributed by atoms with van der Waals surface area (Å²) in [5, 5.41) is 18.3. The second-order valence-corrected chi connectivity index (χ2v) is 8.94. The number of aliphatic hydroxyl groups excluding tert-OH is 2. The molecule has 2 aromatic rings. The zero-order valence-corrected chi connectivity index (χ0v) is 17.4. The van der Waals surface area contributed by atoms with Crippen LogP contribution >= 0.6 is 0 Å². The van der Waals surface area contributed by atoms with Crippen molar-refractivity contribution in [2.75, 3.05) is 41.3 Å². The van der Waals surface area contributed by atoms with Gasteiger partial charge in [-0.2, -0.15) is 0 Å². The van der Waals surface area contributed by atoms with Gasteiger partial charge in [0.05, 0.1) is 54.5 Å². The maximum absolute atomic E-state index is 9.17. The van der Waals surface area contributed by atoms with E-state index in [1.54, 1.807) is 0 Å². The monoisotopic (exact) mass is 372 g/mol. The fraction of sp³-hybridized carbons (Fsp3) is 0.478. The molecule has 2 rings (SSSR count). The van der Waals surface area contributed by atoms with E-state index in [2.05, 4.69) is 52.5 Å². The predicted octanol–water partition coefficient (Wildman–Crippen LogP) is 2.91. The predicted molar refractivity (Wildman–Crippen MR) is 111 cm³/mol. The van der Waals surface area contributed by atoms with Crippen molar-refractivity contribution in [3.63, 3.8) is 0 Å². The Morgan fingerprint density at radius 1 is 0.556 bits per heavy atom. The van der Waals surface area contributed by atoms with Gasteiger partial charge in [0.15, 0.2) is 0 Å². The lowest BCUT2D eigenvalue weighted by atomic mass is 10.1. The van der Waals surface area contributed by atoms with Crippen LogP contribution in [0, 0.1) is 0 Å². The molecule has 0 unspecified atom stereocenters. The highest BCUT2D eigenvalue weighted by atomic mass is 16.3. The lowest BCUT2D eigenvalue weighted by Gasteiger charge is -2.34. The molecule has 0 atom stereocenters. The number of nitrogens with zero attached hydrogens (tertiary/aromatic N) is 2. The average Bonchev–Trinajstić information content (AvgIpc) is 2.62. The van der Waals surface area contributed by atoms with E-state index < -0.39 is 0 Å². The minimum Gasteiger partial charge on any atom is -0.392 e. The van der Waals surface area contributed by atoms with Crippen LogP contribution in [0.1, 0.15) is 28.7 Å². The number of rotatable bonds is 10. The Balaban J connectivity index is 1.82. The number of quaternary nitrogens is 2. The number of aliphatic hydroxyl groups is 2. The normalized spacial score (nSPS) is 12.4.